The first-order chi connectivity index (χ1) is 5.83. The minimum atomic E-state index is 0.779. The molecule has 0 saturated heterocycles. The van der Waals surface area contributed by atoms with Crippen molar-refractivity contribution in [3.63, 3.8) is 0 Å². The second kappa shape index (κ2) is 6.30. The van der Waals surface area contributed by atoms with Gasteiger partial charge in [0.2, 0.25) is 0 Å². The Labute approximate surface area is 94.8 Å². The highest BCUT2D eigenvalue weighted by atomic mass is 79.9. The average molecular weight is 286 g/mol. The zero-order chi connectivity index (χ0) is 8.81. The highest BCUT2D eigenvalue weighted by Crippen LogP contribution is 2.25. The molecule has 0 N–H and O–H groups in total. The van der Waals surface area contributed by atoms with Crippen molar-refractivity contribution in [1.82, 2.24) is 0 Å². The van der Waals surface area contributed by atoms with Crippen LogP contribution < -0.4 is 0 Å². The Morgan fingerprint density at radius 3 is 2.92 bits per heavy atom. The van der Waals surface area contributed by atoms with E-state index >= 15 is 0 Å². The van der Waals surface area contributed by atoms with Gasteiger partial charge in [0.25, 0.3) is 0 Å². The lowest BCUT2D eigenvalue weighted by atomic mass is 10.5. The molecular weight excluding hydrogens is 276 g/mol. The molecule has 0 fully saturated rings. The van der Waals surface area contributed by atoms with E-state index in [1.807, 2.05) is 23.1 Å². The Morgan fingerprint density at radius 1 is 1.50 bits per heavy atom. The molecule has 0 aliphatic rings. The predicted octanol–water partition coefficient (Wildman–Crippen LogP) is 4.37. The van der Waals surface area contributed by atoms with Gasteiger partial charge in [-0.1, -0.05) is 0 Å². The normalized spacial score (nSPS) is 10.5. The van der Waals surface area contributed by atoms with Gasteiger partial charge in [0.1, 0.15) is 0 Å². The highest BCUT2D eigenvalue weighted by molar-refractivity contribution is 9.11. The molecule has 1 aromatic rings. The Bertz CT molecular complexity index is 225. The van der Waals surface area contributed by atoms with Crippen LogP contribution >= 0.6 is 50.6 Å². The van der Waals surface area contributed by atoms with Crippen LogP contribution in [0.1, 0.15) is 11.3 Å². The molecular formula is C8H10BrClS2. The number of thioether (sulfide) groups is 1. The van der Waals surface area contributed by atoms with Crippen LogP contribution in [0, 0.1) is 0 Å². The summed E-state index contributed by atoms with van der Waals surface area (Å²) in [5.74, 6) is 3.06. The molecule has 1 heterocycles. The summed E-state index contributed by atoms with van der Waals surface area (Å²) in [7, 11) is 0. The summed E-state index contributed by atoms with van der Waals surface area (Å²) in [5, 5.41) is 0. The average Bonchev–Trinajstić information content (AvgIpc) is 2.45. The fourth-order valence-corrected chi connectivity index (χ4v) is 3.61. The molecule has 0 aliphatic carbocycles. The number of thiophene rings is 1. The third-order valence-electron chi connectivity index (χ3n) is 1.30. The van der Waals surface area contributed by atoms with Crippen LogP contribution in [0.5, 0.6) is 0 Å². The standard InChI is InChI=1S/C8H10BrClS2/c9-8-3-2-7(12-8)6-11-5-1-4-10/h2-3H,1,4-6H2. The van der Waals surface area contributed by atoms with E-state index < -0.39 is 0 Å². The number of rotatable bonds is 5. The maximum absolute atomic E-state index is 5.57. The molecule has 0 radical (unpaired) electrons. The summed E-state index contributed by atoms with van der Waals surface area (Å²) in [6.45, 7) is 0. The van der Waals surface area contributed by atoms with Gasteiger partial charge in [0, 0.05) is 16.5 Å². The van der Waals surface area contributed by atoms with Crippen molar-refractivity contribution < 1.29 is 0 Å². The van der Waals surface area contributed by atoms with Gasteiger partial charge < -0.3 is 0 Å². The Morgan fingerprint density at radius 2 is 2.33 bits per heavy atom. The monoisotopic (exact) mass is 284 g/mol. The molecule has 0 aromatic carbocycles. The maximum atomic E-state index is 5.57. The number of hydrogen-bond acceptors (Lipinski definition) is 2. The van der Waals surface area contributed by atoms with Crippen molar-refractivity contribution in [2.75, 3.05) is 11.6 Å². The van der Waals surface area contributed by atoms with E-state index in [-0.39, 0.29) is 0 Å². The van der Waals surface area contributed by atoms with Crippen LogP contribution in [0.15, 0.2) is 15.9 Å². The summed E-state index contributed by atoms with van der Waals surface area (Å²) < 4.78 is 1.22. The summed E-state index contributed by atoms with van der Waals surface area (Å²) in [6.07, 6.45) is 1.11. The summed E-state index contributed by atoms with van der Waals surface area (Å²) in [5.41, 5.74) is 0. The second-order valence-electron chi connectivity index (χ2n) is 2.30. The van der Waals surface area contributed by atoms with Gasteiger partial charge in [-0.25, -0.2) is 0 Å². The van der Waals surface area contributed by atoms with Crippen molar-refractivity contribution >= 4 is 50.6 Å². The molecule has 0 nitrogen and oxygen atoms in total. The van der Waals surface area contributed by atoms with Crippen LogP contribution in [-0.4, -0.2) is 11.6 Å². The van der Waals surface area contributed by atoms with Gasteiger partial charge in [-0.05, 0) is 40.2 Å². The zero-order valence-corrected chi connectivity index (χ0v) is 10.5. The summed E-state index contributed by atoms with van der Waals surface area (Å²) >= 11 is 12.8. The second-order valence-corrected chi connectivity index (χ2v) is 6.33. The minimum absolute atomic E-state index is 0.779. The number of alkyl halides is 1. The summed E-state index contributed by atoms with van der Waals surface area (Å²) in [6, 6.07) is 4.27. The quantitative estimate of drug-likeness (QED) is 0.572. The molecule has 4 heteroatoms. The lowest BCUT2D eigenvalue weighted by Crippen LogP contribution is -1.81. The first-order valence-corrected chi connectivity index (χ1v) is 7.00. The molecule has 0 amide bonds. The van der Waals surface area contributed by atoms with E-state index in [9.17, 15) is 0 Å². The number of halogens is 2. The molecule has 0 atom stereocenters. The van der Waals surface area contributed by atoms with Gasteiger partial charge in [-0.15, -0.1) is 22.9 Å². The van der Waals surface area contributed by atoms with Gasteiger partial charge >= 0.3 is 0 Å². The van der Waals surface area contributed by atoms with Gasteiger partial charge in [-0.3, -0.25) is 0 Å². The fourth-order valence-electron chi connectivity index (χ4n) is 0.759. The Kier molecular flexibility index (Phi) is 5.72. The topological polar surface area (TPSA) is 0 Å². The van der Waals surface area contributed by atoms with E-state index in [0.717, 1.165) is 18.1 Å². The molecule has 0 saturated carbocycles. The lowest BCUT2D eigenvalue weighted by molar-refractivity contribution is 1.11. The lowest BCUT2D eigenvalue weighted by Gasteiger charge is -1.95. The fraction of sp³-hybridized carbons (Fsp3) is 0.500. The van der Waals surface area contributed by atoms with Crippen molar-refractivity contribution in [1.29, 1.82) is 0 Å². The summed E-state index contributed by atoms with van der Waals surface area (Å²) in [4.78, 5) is 1.43. The zero-order valence-electron chi connectivity index (χ0n) is 6.56. The SMILES string of the molecule is ClCCCSCc1ccc(Br)s1. The van der Waals surface area contributed by atoms with E-state index in [0.29, 0.717) is 0 Å². The van der Waals surface area contributed by atoms with Crippen molar-refractivity contribution in [3.05, 3.63) is 20.8 Å². The van der Waals surface area contributed by atoms with Crippen LogP contribution in [-0.2, 0) is 5.75 Å². The van der Waals surface area contributed by atoms with Crippen LogP contribution in [0.3, 0.4) is 0 Å². The first kappa shape index (κ1) is 10.9. The van der Waals surface area contributed by atoms with Crippen molar-refractivity contribution in [3.8, 4) is 0 Å². The van der Waals surface area contributed by atoms with Gasteiger partial charge in [0.15, 0.2) is 0 Å². The minimum Gasteiger partial charge on any atom is -0.156 e. The predicted molar refractivity (Wildman–Crippen MR) is 63.5 cm³/mol. The highest BCUT2D eigenvalue weighted by Gasteiger charge is 1.96. The Hall–Kier alpha value is 0.820. The molecule has 0 spiro atoms. The smallest absolute Gasteiger partial charge is 0.0701 e. The largest absolute Gasteiger partial charge is 0.156 e. The molecule has 12 heavy (non-hydrogen) atoms. The van der Waals surface area contributed by atoms with Crippen LogP contribution in [0.2, 0.25) is 0 Å². The molecule has 68 valence electrons. The third-order valence-corrected chi connectivity index (χ3v) is 4.46. The van der Waals surface area contributed by atoms with Gasteiger partial charge in [-0.2, -0.15) is 11.8 Å². The van der Waals surface area contributed by atoms with E-state index in [4.69, 9.17) is 11.6 Å². The first-order valence-electron chi connectivity index (χ1n) is 3.71. The molecule has 0 unspecified atom stereocenters. The van der Waals surface area contributed by atoms with E-state index in [1.54, 1.807) is 0 Å². The maximum Gasteiger partial charge on any atom is 0.0701 e. The molecule has 0 bridgehead atoms. The Balaban J connectivity index is 2.15. The van der Waals surface area contributed by atoms with E-state index in [1.165, 1.54) is 14.4 Å². The van der Waals surface area contributed by atoms with Gasteiger partial charge in [0.05, 0.1) is 3.79 Å². The van der Waals surface area contributed by atoms with Crippen molar-refractivity contribution in [2.45, 2.75) is 12.2 Å². The molecule has 1 rings (SSSR count). The van der Waals surface area contributed by atoms with Crippen molar-refractivity contribution in [2.24, 2.45) is 0 Å². The molecule has 0 aliphatic heterocycles. The third kappa shape index (κ3) is 4.17. The van der Waals surface area contributed by atoms with Crippen LogP contribution in [0.4, 0.5) is 0 Å². The van der Waals surface area contributed by atoms with E-state index in [2.05, 4.69) is 28.1 Å². The van der Waals surface area contributed by atoms with Crippen LogP contribution in [0.25, 0.3) is 0 Å². The molecule has 1 aromatic heterocycles. The number of hydrogen-bond donors (Lipinski definition) is 0.